The molecule has 8 heteroatoms. The van der Waals surface area contributed by atoms with Crippen LogP contribution in [-0.4, -0.2) is 33.1 Å². The lowest BCUT2D eigenvalue weighted by atomic mass is 10.2. The molecule has 0 aliphatic carbocycles. The van der Waals surface area contributed by atoms with Crippen molar-refractivity contribution in [3.63, 3.8) is 0 Å². The second-order valence-electron chi connectivity index (χ2n) is 6.82. The highest BCUT2D eigenvalue weighted by molar-refractivity contribution is 7.98. The average Bonchev–Trinajstić information content (AvgIpc) is 3.45. The van der Waals surface area contributed by atoms with Gasteiger partial charge in [0.25, 0.3) is 0 Å². The third-order valence-electron chi connectivity index (χ3n) is 4.98. The first-order chi connectivity index (χ1) is 14.1. The molecule has 29 heavy (non-hydrogen) atoms. The maximum absolute atomic E-state index is 5.42. The number of aromatic nitrogens is 3. The third kappa shape index (κ3) is 4.24. The Labute approximate surface area is 178 Å². The quantitative estimate of drug-likeness (QED) is 0.264. The fourth-order valence-corrected chi connectivity index (χ4v) is 5.23. The summed E-state index contributed by atoms with van der Waals surface area (Å²) in [4.78, 5) is 14.5. The maximum Gasteiger partial charge on any atom is 0.202 e. The number of furan rings is 1. The lowest BCUT2D eigenvalue weighted by Crippen LogP contribution is -2.23. The van der Waals surface area contributed by atoms with Gasteiger partial charge >= 0.3 is 0 Å². The molecule has 0 atom stereocenters. The number of nitrogens with zero attached hydrogens (tertiary/aromatic N) is 4. The summed E-state index contributed by atoms with van der Waals surface area (Å²) in [5.41, 5.74) is 2.13. The standard InChI is InChI=1S/C21H24N4O2S2/c1-5-25(6-2)11-18-22-20(19-13(3)14(4)29-21(19)23-18)28-12-15-10-17(27-24-15)16-8-7-9-26-16/h7-10H,5-6,11-12H2,1-4H3. The zero-order valence-corrected chi connectivity index (χ0v) is 18.7. The molecule has 0 saturated heterocycles. The highest BCUT2D eigenvalue weighted by Gasteiger charge is 2.17. The van der Waals surface area contributed by atoms with Crippen LogP contribution in [0.15, 0.2) is 38.4 Å². The van der Waals surface area contributed by atoms with Crippen molar-refractivity contribution < 1.29 is 8.94 Å². The van der Waals surface area contributed by atoms with Gasteiger partial charge in [-0.15, -0.1) is 11.3 Å². The average molecular weight is 429 g/mol. The van der Waals surface area contributed by atoms with E-state index in [1.54, 1.807) is 29.4 Å². The van der Waals surface area contributed by atoms with Crippen LogP contribution in [0.3, 0.4) is 0 Å². The Morgan fingerprint density at radius 3 is 2.69 bits per heavy atom. The number of fused-ring (bicyclic) bond motifs is 1. The van der Waals surface area contributed by atoms with Crippen LogP contribution in [0.25, 0.3) is 21.7 Å². The summed E-state index contributed by atoms with van der Waals surface area (Å²) in [6.07, 6.45) is 1.63. The highest BCUT2D eigenvalue weighted by Crippen LogP contribution is 2.36. The lowest BCUT2D eigenvalue weighted by Gasteiger charge is -2.17. The predicted molar refractivity (Wildman–Crippen MR) is 117 cm³/mol. The Morgan fingerprint density at radius 2 is 1.97 bits per heavy atom. The van der Waals surface area contributed by atoms with Gasteiger partial charge in [0.15, 0.2) is 5.76 Å². The van der Waals surface area contributed by atoms with E-state index in [2.05, 4.69) is 37.8 Å². The van der Waals surface area contributed by atoms with Crippen LogP contribution in [0, 0.1) is 13.8 Å². The van der Waals surface area contributed by atoms with Crippen molar-refractivity contribution in [1.29, 1.82) is 0 Å². The summed E-state index contributed by atoms with van der Waals surface area (Å²) < 4.78 is 10.8. The highest BCUT2D eigenvalue weighted by atomic mass is 32.2. The first-order valence-electron chi connectivity index (χ1n) is 9.70. The molecule has 4 aromatic heterocycles. The number of rotatable bonds is 8. The van der Waals surface area contributed by atoms with Gasteiger partial charge in [0.2, 0.25) is 5.76 Å². The molecule has 0 bridgehead atoms. The Hall–Kier alpha value is -2.16. The largest absolute Gasteiger partial charge is 0.461 e. The smallest absolute Gasteiger partial charge is 0.202 e. The molecule has 0 saturated carbocycles. The second-order valence-corrected chi connectivity index (χ2v) is 8.99. The Kier molecular flexibility index (Phi) is 6.03. The summed E-state index contributed by atoms with van der Waals surface area (Å²) >= 11 is 3.43. The van der Waals surface area contributed by atoms with E-state index >= 15 is 0 Å². The summed E-state index contributed by atoms with van der Waals surface area (Å²) in [7, 11) is 0. The van der Waals surface area contributed by atoms with Crippen molar-refractivity contribution in [2.24, 2.45) is 0 Å². The fourth-order valence-electron chi connectivity index (χ4n) is 3.13. The van der Waals surface area contributed by atoms with Crippen molar-refractivity contribution in [2.45, 2.75) is 45.0 Å². The van der Waals surface area contributed by atoms with Crippen LogP contribution in [0.1, 0.15) is 35.8 Å². The summed E-state index contributed by atoms with van der Waals surface area (Å²) in [6, 6.07) is 5.62. The van der Waals surface area contributed by atoms with Crippen LogP contribution in [0.4, 0.5) is 0 Å². The molecule has 0 spiro atoms. The van der Waals surface area contributed by atoms with E-state index in [0.29, 0.717) is 17.3 Å². The summed E-state index contributed by atoms with van der Waals surface area (Å²) in [5, 5.41) is 6.37. The molecule has 4 rings (SSSR count). The van der Waals surface area contributed by atoms with Gasteiger partial charge in [-0.05, 0) is 44.6 Å². The van der Waals surface area contributed by atoms with Crippen molar-refractivity contribution in [3.05, 3.63) is 46.4 Å². The van der Waals surface area contributed by atoms with Crippen LogP contribution in [0.2, 0.25) is 0 Å². The third-order valence-corrected chi connectivity index (χ3v) is 7.09. The fraction of sp³-hybridized carbons (Fsp3) is 0.381. The Morgan fingerprint density at radius 1 is 1.14 bits per heavy atom. The van der Waals surface area contributed by atoms with Gasteiger partial charge in [0.05, 0.1) is 18.5 Å². The molecule has 4 heterocycles. The zero-order chi connectivity index (χ0) is 20.4. The first kappa shape index (κ1) is 20.1. The number of hydrogen-bond donors (Lipinski definition) is 0. The second kappa shape index (κ2) is 8.69. The topological polar surface area (TPSA) is 68.2 Å². The van der Waals surface area contributed by atoms with E-state index in [1.165, 1.54) is 10.4 Å². The van der Waals surface area contributed by atoms with E-state index in [1.807, 2.05) is 18.2 Å². The SMILES string of the molecule is CCN(CC)Cc1nc(SCc2cc(-c3ccco3)on2)c2c(C)c(C)sc2n1. The van der Waals surface area contributed by atoms with Crippen molar-refractivity contribution in [1.82, 2.24) is 20.0 Å². The molecule has 0 aliphatic rings. The van der Waals surface area contributed by atoms with Crippen LogP contribution < -0.4 is 0 Å². The lowest BCUT2D eigenvalue weighted by molar-refractivity contribution is 0.288. The molecular weight excluding hydrogens is 404 g/mol. The van der Waals surface area contributed by atoms with Gasteiger partial charge in [0, 0.05) is 22.1 Å². The molecule has 0 unspecified atom stereocenters. The number of thioether (sulfide) groups is 1. The molecule has 0 amide bonds. The van der Waals surface area contributed by atoms with Gasteiger partial charge in [-0.2, -0.15) is 0 Å². The minimum atomic E-state index is 0.642. The predicted octanol–water partition coefficient (Wildman–Crippen LogP) is 5.69. The Balaban J connectivity index is 1.61. The molecule has 0 fully saturated rings. The van der Waals surface area contributed by atoms with Crippen LogP contribution in [0.5, 0.6) is 0 Å². The van der Waals surface area contributed by atoms with E-state index in [9.17, 15) is 0 Å². The maximum atomic E-state index is 5.42. The van der Waals surface area contributed by atoms with Gasteiger partial charge in [-0.25, -0.2) is 9.97 Å². The van der Waals surface area contributed by atoms with Crippen molar-refractivity contribution >= 4 is 33.3 Å². The van der Waals surface area contributed by atoms with Gasteiger partial charge in [-0.3, -0.25) is 4.90 Å². The first-order valence-corrected chi connectivity index (χ1v) is 11.5. The molecular formula is C21H24N4O2S2. The van der Waals surface area contributed by atoms with Crippen LogP contribution in [-0.2, 0) is 12.3 Å². The van der Waals surface area contributed by atoms with E-state index in [0.717, 1.165) is 46.4 Å². The minimum absolute atomic E-state index is 0.642. The summed E-state index contributed by atoms with van der Waals surface area (Å²) in [6.45, 7) is 11.4. The van der Waals surface area contributed by atoms with E-state index < -0.39 is 0 Å². The molecule has 0 aliphatic heterocycles. The van der Waals surface area contributed by atoms with Crippen LogP contribution >= 0.6 is 23.1 Å². The molecule has 152 valence electrons. The van der Waals surface area contributed by atoms with E-state index in [4.69, 9.17) is 18.9 Å². The normalized spacial score (nSPS) is 11.8. The Bertz CT molecular complexity index is 1100. The van der Waals surface area contributed by atoms with Gasteiger partial charge < -0.3 is 8.94 Å². The number of aryl methyl sites for hydroxylation is 2. The monoisotopic (exact) mass is 428 g/mol. The van der Waals surface area contributed by atoms with Crippen molar-refractivity contribution in [2.75, 3.05) is 13.1 Å². The molecule has 0 N–H and O–H groups in total. The van der Waals surface area contributed by atoms with Gasteiger partial charge in [0.1, 0.15) is 15.7 Å². The molecule has 4 aromatic rings. The van der Waals surface area contributed by atoms with Crippen molar-refractivity contribution in [3.8, 4) is 11.5 Å². The zero-order valence-electron chi connectivity index (χ0n) is 17.1. The minimum Gasteiger partial charge on any atom is -0.461 e. The summed E-state index contributed by atoms with van der Waals surface area (Å²) in [5.74, 6) is 2.88. The van der Waals surface area contributed by atoms with E-state index in [-0.39, 0.29) is 0 Å². The molecule has 6 nitrogen and oxygen atoms in total. The molecule has 0 aromatic carbocycles. The van der Waals surface area contributed by atoms with Gasteiger partial charge in [-0.1, -0.05) is 30.8 Å². The number of thiophene rings is 1. The number of hydrogen-bond acceptors (Lipinski definition) is 8. The molecule has 0 radical (unpaired) electrons.